The van der Waals surface area contributed by atoms with Gasteiger partial charge >= 0.3 is 0 Å². The normalized spacial score (nSPS) is 16.8. The maximum atomic E-state index is 12.1. The number of rotatable bonds is 1. The topological polar surface area (TPSA) is 79.8 Å². The van der Waals surface area contributed by atoms with Crippen molar-refractivity contribution in [2.24, 2.45) is 0 Å². The molecule has 0 atom stereocenters. The van der Waals surface area contributed by atoms with Crippen LogP contribution in [0.2, 0.25) is 0 Å². The van der Waals surface area contributed by atoms with Crippen LogP contribution >= 0.6 is 0 Å². The first kappa shape index (κ1) is 12.8. The molecular formula is C14H17N3O3. The lowest BCUT2D eigenvalue weighted by atomic mass is 10.1. The van der Waals surface area contributed by atoms with Crippen molar-refractivity contribution in [3.63, 3.8) is 0 Å². The summed E-state index contributed by atoms with van der Waals surface area (Å²) >= 11 is 0. The third kappa shape index (κ3) is 2.18. The van der Waals surface area contributed by atoms with E-state index in [9.17, 15) is 15.0 Å². The van der Waals surface area contributed by atoms with E-state index in [1.807, 2.05) is 6.07 Å². The number of benzene rings is 1. The van der Waals surface area contributed by atoms with Crippen molar-refractivity contribution in [2.75, 3.05) is 38.1 Å². The number of piperazine rings is 1. The predicted octanol–water partition coefficient (Wildman–Crippen LogP) is 0.691. The molecule has 0 amide bonds. The zero-order valence-electron chi connectivity index (χ0n) is 11.3. The molecule has 3 N–H and O–H groups in total. The van der Waals surface area contributed by atoms with E-state index >= 15 is 0 Å². The van der Waals surface area contributed by atoms with E-state index in [2.05, 4.69) is 21.8 Å². The second-order valence-corrected chi connectivity index (χ2v) is 5.20. The fourth-order valence-electron chi connectivity index (χ4n) is 2.49. The molecule has 1 aromatic heterocycles. The van der Waals surface area contributed by atoms with Gasteiger partial charge in [-0.1, -0.05) is 0 Å². The molecule has 1 aliphatic heterocycles. The minimum absolute atomic E-state index is 0.215. The number of nitrogens with zero attached hydrogens (tertiary/aromatic N) is 2. The predicted molar refractivity (Wildman–Crippen MR) is 77.6 cm³/mol. The van der Waals surface area contributed by atoms with Gasteiger partial charge < -0.3 is 25.0 Å². The first-order chi connectivity index (χ1) is 9.54. The summed E-state index contributed by atoms with van der Waals surface area (Å²) in [5.74, 6) is 0.253. The highest BCUT2D eigenvalue weighted by atomic mass is 16.3. The Morgan fingerprint density at radius 1 is 1.05 bits per heavy atom. The first-order valence-corrected chi connectivity index (χ1v) is 6.57. The number of aromatic hydroxyl groups is 2. The number of pyridine rings is 1. The molecule has 1 fully saturated rings. The van der Waals surface area contributed by atoms with E-state index in [-0.39, 0.29) is 17.1 Å². The molecule has 0 unspecified atom stereocenters. The number of hydrogen-bond donors (Lipinski definition) is 3. The highest BCUT2D eigenvalue weighted by Crippen LogP contribution is 2.29. The quantitative estimate of drug-likeness (QED) is 0.667. The van der Waals surface area contributed by atoms with Crippen LogP contribution in [0.5, 0.6) is 11.5 Å². The number of hydrogen-bond acceptors (Lipinski definition) is 5. The largest absolute Gasteiger partial charge is 0.504 e. The van der Waals surface area contributed by atoms with Crippen LogP contribution in [0.25, 0.3) is 10.8 Å². The molecule has 2 heterocycles. The Balaban J connectivity index is 2.05. The van der Waals surface area contributed by atoms with E-state index < -0.39 is 0 Å². The summed E-state index contributed by atoms with van der Waals surface area (Å²) in [6.07, 6.45) is 0. The number of aromatic nitrogens is 1. The van der Waals surface area contributed by atoms with E-state index in [1.54, 1.807) is 0 Å². The van der Waals surface area contributed by atoms with Crippen LogP contribution in [-0.4, -0.2) is 53.3 Å². The molecule has 2 aromatic rings. The fourth-order valence-corrected chi connectivity index (χ4v) is 2.49. The van der Waals surface area contributed by atoms with Crippen molar-refractivity contribution in [1.29, 1.82) is 0 Å². The van der Waals surface area contributed by atoms with E-state index in [1.165, 1.54) is 12.1 Å². The summed E-state index contributed by atoms with van der Waals surface area (Å²) < 4.78 is 0. The Kier molecular flexibility index (Phi) is 3.02. The average molecular weight is 275 g/mol. The van der Waals surface area contributed by atoms with Gasteiger partial charge in [-0.25, -0.2) is 0 Å². The molecule has 1 saturated heterocycles. The number of H-pyrrole nitrogens is 1. The smallest absolute Gasteiger partial charge is 0.257 e. The molecular weight excluding hydrogens is 258 g/mol. The van der Waals surface area contributed by atoms with Crippen LogP contribution in [0.4, 0.5) is 5.82 Å². The van der Waals surface area contributed by atoms with E-state index in [0.29, 0.717) is 10.8 Å². The number of phenols is 2. The minimum Gasteiger partial charge on any atom is -0.504 e. The van der Waals surface area contributed by atoms with Crippen LogP contribution in [0.15, 0.2) is 23.0 Å². The Morgan fingerprint density at radius 3 is 2.40 bits per heavy atom. The number of nitrogens with one attached hydrogen (secondary N) is 1. The highest BCUT2D eigenvalue weighted by Gasteiger charge is 2.16. The molecule has 0 spiro atoms. The third-order valence-electron chi connectivity index (χ3n) is 3.77. The minimum atomic E-state index is -0.282. The lowest BCUT2D eigenvalue weighted by Gasteiger charge is -2.33. The second kappa shape index (κ2) is 4.72. The molecule has 3 rings (SSSR count). The Hall–Kier alpha value is -2.21. The lowest BCUT2D eigenvalue weighted by molar-refractivity contribution is 0.312. The molecule has 20 heavy (non-hydrogen) atoms. The third-order valence-corrected chi connectivity index (χ3v) is 3.77. The molecule has 1 aliphatic rings. The van der Waals surface area contributed by atoms with Crippen molar-refractivity contribution >= 4 is 16.6 Å². The Labute approximate surface area is 115 Å². The van der Waals surface area contributed by atoms with Gasteiger partial charge in [-0.15, -0.1) is 0 Å². The Morgan fingerprint density at radius 2 is 1.70 bits per heavy atom. The highest BCUT2D eigenvalue weighted by molar-refractivity contribution is 5.87. The zero-order chi connectivity index (χ0) is 14.3. The van der Waals surface area contributed by atoms with Gasteiger partial charge in [-0.05, 0) is 30.6 Å². The van der Waals surface area contributed by atoms with Gasteiger partial charge in [0, 0.05) is 26.2 Å². The standard InChI is InChI=1S/C14H17N3O3/c1-16-2-4-17(5-3-16)13-7-9-6-11(18)12(19)8-10(9)14(20)15-13/h6-8,18-19H,2-5H2,1H3,(H,15,20). The number of anilines is 1. The maximum absolute atomic E-state index is 12.1. The van der Waals surface area contributed by atoms with Gasteiger partial charge in [0.25, 0.3) is 5.56 Å². The molecule has 0 radical (unpaired) electrons. The van der Waals surface area contributed by atoms with Crippen molar-refractivity contribution in [2.45, 2.75) is 0 Å². The number of aromatic amines is 1. The molecule has 0 bridgehead atoms. The van der Waals surface area contributed by atoms with Crippen molar-refractivity contribution in [3.05, 3.63) is 28.6 Å². The second-order valence-electron chi connectivity index (χ2n) is 5.20. The lowest BCUT2D eigenvalue weighted by Crippen LogP contribution is -2.45. The van der Waals surface area contributed by atoms with Crippen LogP contribution in [0.3, 0.4) is 0 Å². The summed E-state index contributed by atoms with van der Waals surface area (Å²) in [4.78, 5) is 19.3. The molecule has 6 heteroatoms. The van der Waals surface area contributed by atoms with Gasteiger partial charge in [0.05, 0.1) is 5.39 Å². The van der Waals surface area contributed by atoms with Gasteiger partial charge in [0.1, 0.15) is 5.82 Å². The molecule has 1 aromatic carbocycles. The van der Waals surface area contributed by atoms with E-state index in [4.69, 9.17) is 0 Å². The summed E-state index contributed by atoms with van der Waals surface area (Å²) in [5, 5.41) is 20.0. The van der Waals surface area contributed by atoms with Crippen molar-refractivity contribution < 1.29 is 10.2 Å². The first-order valence-electron chi connectivity index (χ1n) is 6.57. The van der Waals surface area contributed by atoms with Crippen LogP contribution in [0, 0.1) is 0 Å². The number of likely N-dealkylation sites (N-methyl/N-ethyl adjacent to an activating group) is 1. The van der Waals surface area contributed by atoms with Crippen LogP contribution in [-0.2, 0) is 0 Å². The van der Waals surface area contributed by atoms with Gasteiger partial charge in [-0.2, -0.15) is 0 Å². The zero-order valence-corrected chi connectivity index (χ0v) is 11.3. The van der Waals surface area contributed by atoms with Crippen molar-refractivity contribution in [3.8, 4) is 11.5 Å². The maximum Gasteiger partial charge on any atom is 0.257 e. The average Bonchev–Trinajstić information content (AvgIpc) is 2.42. The number of fused-ring (bicyclic) bond motifs is 1. The van der Waals surface area contributed by atoms with Crippen molar-refractivity contribution in [1.82, 2.24) is 9.88 Å². The summed E-state index contributed by atoms with van der Waals surface area (Å²) in [5.41, 5.74) is -0.258. The fraction of sp³-hybridized carbons (Fsp3) is 0.357. The van der Waals surface area contributed by atoms with Crippen LogP contribution in [0.1, 0.15) is 0 Å². The summed E-state index contributed by atoms with van der Waals surface area (Å²) in [6.45, 7) is 3.59. The Bertz CT molecular complexity index is 703. The monoisotopic (exact) mass is 275 g/mol. The van der Waals surface area contributed by atoms with Gasteiger partial charge in [0.2, 0.25) is 0 Å². The SMILES string of the molecule is CN1CCN(c2cc3cc(O)c(O)cc3c(=O)[nH]2)CC1. The molecule has 6 nitrogen and oxygen atoms in total. The summed E-state index contributed by atoms with van der Waals surface area (Å²) in [6, 6.07) is 4.54. The van der Waals surface area contributed by atoms with Crippen LogP contribution < -0.4 is 10.5 Å². The molecule has 0 aliphatic carbocycles. The summed E-state index contributed by atoms with van der Waals surface area (Å²) in [7, 11) is 2.07. The molecule has 106 valence electrons. The van der Waals surface area contributed by atoms with Gasteiger partial charge in [-0.3, -0.25) is 4.79 Å². The number of phenolic OH excluding ortho intramolecular Hbond substituents is 2. The van der Waals surface area contributed by atoms with Gasteiger partial charge in [0.15, 0.2) is 11.5 Å². The van der Waals surface area contributed by atoms with E-state index in [0.717, 1.165) is 32.0 Å². The molecule has 0 saturated carbocycles.